The summed E-state index contributed by atoms with van der Waals surface area (Å²) in [5.74, 6) is 1.08. The third-order valence-electron chi connectivity index (χ3n) is 4.26. The van der Waals surface area contributed by atoms with E-state index in [-0.39, 0.29) is 12.3 Å². The largest absolute Gasteiger partial charge is 0.497 e. The molecule has 1 atom stereocenters. The summed E-state index contributed by atoms with van der Waals surface area (Å²) < 4.78 is 10.7. The van der Waals surface area contributed by atoms with Crippen LogP contribution in [0.4, 0.5) is 0 Å². The summed E-state index contributed by atoms with van der Waals surface area (Å²) in [6.07, 6.45) is 3.62. The van der Waals surface area contributed by atoms with Gasteiger partial charge in [-0.3, -0.25) is 4.79 Å². The lowest BCUT2D eigenvalue weighted by Crippen LogP contribution is -2.36. The van der Waals surface area contributed by atoms with Crippen LogP contribution in [0.15, 0.2) is 28.9 Å². The van der Waals surface area contributed by atoms with Gasteiger partial charge in [-0.1, -0.05) is 0 Å². The van der Waals surface area contributed by atoms with E-state index in [1.807, 2.05) is 18.2 Å². The maximum Gasteiger partial charge on any atom is 0.226 e. The number of hydrogen-bond donors (Lipinski definition) is 1. The van der Waals surface area contributed by atoms with Gasteiger partial charge in [0.25, 0.3) is 0 Å². The van der Waals surface area contributed by atoms with Crippen molar-refractivity contribution in [3.05, 3.63) is 30.0 Å². The highest BCUT2D eigenvalue weighted by molar-refractivity contribution is 5.88. The van der Waals surface area contributed by atoms with Crippen molar-refractivity contribution in [1.29, 1.82) is 0 Å². The molecule has 1 saturated carbocycles. The number of fused-ring (bicyclic) bond motifs is 1. The van der Waals surface area contributed by atoms with E-state index in [0.717, 1.165) is 29.5 Å². The number of aliphatic hydroxyl groups is 1. The molecule has 1 aromatic heterocycles. The summed E-state index contributed by atoms with van der Waals surface area (Å²) in [6, 6.07) is 5.57. The molecule has 0 saturated heterocycles. The fourth-order valence-electron chi connectivity index (χ4n) is 2.64. The number of methoxy groups -OCH3 is 1. The predicted octanol–water partition coefficient (Wildman–Crippen LogP) is 2.21. The Labute approximate surface area is 129 Å². The maximum absolute atomic E-state index is 12.3. The molecule has 5 nitrogen and oxygen atoms in total. The zero-order chi connectivity index (χ0) is 15.7. The average Bonchev–Trinajstić information content (AvgIpc) is 3.30. The van der Waals surface area contributed by atoms with Crippen LogP contribution >= 0.6 is 0 Å². The number of nitrogens with zero attached hydrogens (tertiary/aromatic N) is 1. The standard InChI is InChI=1S/C17H21NO4/c1-18(9-15(19)11-3-4-11)17(20)7-12-10-22-16-8-13(21-2)5-6-14(12)16/h5-6,8,10-11,15,19H,3-4,7,9H2,1-2H3. The van der Waals surface area contributed by atoms with Crippen molar-refractivity contribution in [2.75, 3.05) is 20.7 Å². The van der Waals surface area contributed by atoms with Crippen LogP contribution < -0.4 is 4.74 Å². The van der Waals surface area contributed by atoms with Crippen LogP contribution in [-0.4, -0.2) is 42.7 Å². The van der Waals surface area contributed by atoms with Crippen LogP contribution in [0.3, 0.4) is 0 Å². The predicted molar refractivity (Wildman–Crippen MR) is 82.8 cm³/mol. The van der Waals surface area contributed by atoms with E-state index in [1.54, 1.807) is 25.3 Å². The van der Waals surface area contributed by atoms with Gasteiger partial charge in [0.1, 0.15) is 11.3 Å². The molecule has 22 heavy (non-hydrogen) atoms. The minimum Gasteiger partial charge on any atom is -0.497 e. The number of aliphatic hydroxyl groups excluding tert-OH is 1. The molecule has 0 aliphatic heterocycles. The second-order valence-corrected chi connectivity index (χ2v) is 5.98. The highest BCUT2D eigenvalue weighted by Crippen LogP contribution is 2.33. The topological polar surface area (TPSA) is 62.9 Å². The molecular formula is C17H21NO4. The molecule has 1 amide bonds. The lowest BCUT2D eigenvalue weighted by atomic mass is 10.1. The molecule has 118 valence electrons. The third-order valence-corrected chi connectivity index (χ3v) is 4.26. The summed E-state index contributed by atoms with van der Waals surface area (Å²) in [6.45, 7) is 0.396. The molecule has 1 heterocycles. The zero-order valence-electron chi connectivity index (χ0n) is 12.9. The molecule has 1 aliphatic carbocycles. The van der Waals surface area contributed by atoms with E-state index in [4.69, 9.17) is 9.15 Å². The molecule has 1 unspecified atom stereocenters. The van der Waals surface area contributed by atoms with E-state index in [0.29, 0.717) is 18.0 Å². The van der Waals surface area contributed by atoms with Gasteiger partial charge in [-0.05, 0) is 30.9 Å². The third kappa shape index (κ3) is 3.09. The minimum absolute atomic E-state index is 0.0155. The van der Waals surface area contributed by atoms with Crippen LogP contribution in [-0.2, 0) is 11.2 Å². The molecular weight excluding hydrogens is 282 g/mol. The van der Waals surface area contributed by atoms with Gasteiger partial charge in [0.05, 0.1) is 25.9 Å². The van der Waals surface area contributed by atoms with Crippen molar-refractivity contribution in [3.8, 4) is 5.75 Å². The number of ether oxygens (including phenoxy) is 1. The highest BCUT2D eigenvalue weighted by Gasteiger charge is 2.31. The molecule has 1 N–H and O–H groups in total. The Morgan fingerprint density at radius 1 is 1.50 bits per heavy atom. The van der Waals surface area contributed by atoms with Crippen molar-refractivity contribution in [2.45, 2.75) is 25.4 Å². The number of carbonyl (C=O) groups is 1. The molecule has 2 aromatic rings. The lowest BCUT2D eigenvalue weighted by Gasteiger charge is -2.20. The Kier molecular flexibility index (Phi) is 4.07. The first-order chi connectivity index (χ1) is 10.6. The van der Waals surface area contributed by atoms with Gasteiger partial charge in [-0.15, -0.1) is 0 Å². The number of amides is 1. The fraction of sp³-hybridized carbons (Fsp3) is 0.471. The first-order valence-electron chi connectivity index (χ1n) is 7.54. The molecule has 3 rings (SSSR count). The van der Waals surface area contributed by atoms with Gasteiger partial charge < -0.3 is 19.2 Å². The van der Waals surface area contributed by atoms with Gasteiger partial charge in [0, 0.05) is 30.6 Å². The number of carbonyl (C=O) groups excluding carboxylic acids is 1. The van der Waals surface area contributed by atoms with Crippen molar-refractivity contribution >= 4 is 16.9 Å². The molecule has 5 heteroatoms. The number of likely N-dealkylation sites (N-methyl/N-ethyl adjacent to an activating group) is 1. The summed E-state index contributed by atoms with van der Waals surface area (Å²) in [4.78, 5) is 13.9. The number of furan rings is 1. The molecule has 1 aliphatic rings. The Morgan fingerprint density at radius 2 is 2.27 bits per heavy atom. The van der Waals surface area contributed by atoms with Gasteiger partial charge in [-0.2, -0.15) is 0 Å². The Morgan fingerprint density at radius 3 is 2.95 bits per heavy atom. The van der Waals surface area contributed by atoms with Crippen LogP contribution in [0, 0.1) is 5.92 Å². The minimum atomic E-state index is -0.403. The quantitative estimate of drug-likeness (QED) is 0.889. The van der Waals surface area contributed by atoms with E-state index >= 15 is 0 Å². The van der Waals surface area contributed by atoms with Crippen LogP contribution in [0.1, 0.15) is 18.4 Å². The van der Waals surface area contributed by atoms with Gasteiger partial charge in [0.2, 0.25) is 5.91 Å². The number of rotatable bonds is 6. The van der Waals surface area contributed by atoms with Crippen molar-refractivity contribution < 1.29 is 19.1 Å². The summed E-state index contributed by atoms with van der Waals surface area (Å²) in [5, 5.41) is 10.9. The molecule has 1 fully saturated rings. The lowest BCUT2D eigenvalue weighted by molar-refractivity contribution is -0.130. The second kappa shape index (κ2) is 6.01. The van der Waals surface area contributed by atoms with Crippen molar-refractivity contribution in [3.63, 3.8) is 0 Å². The smallest absolute Gasteiger partial charge is 0.226 e. The van der Waals surface area contributed by atoms with Gasteiger partial charge in [-0.25, -0.2) is 0 Å². The number of benzene rings is 1. The summed E-state index contributed by atoms with van der Waals surface area (Å²) in [5.41, 5.74) is 1.57. The van der Waals surface area contributed by atoms with E-state index in [2.05, 4.69) is 0 Å². The Bertz CT molecular complexity index is 674. The monoisotopic (exact) mass is 303 g/mol. The molecule has 0 radical (unpaired) electrons. The first kappa shape index (κ1) is 14.9. The molecule has 1 aromatic carbocycles. The maximum atomic E-state index is 12.3. The highest BCUT2D eigenvalue weighted by atomic mass is 16.5. The first-order valence-corrected chi connectivity index (χ1v) is 7.54. The Hall–Kier alpha value is -2.01. The SMILES string of the molecule is COc1ccc2c(CC(=O)N(C)CC(O)C3CC3)coc2c1. The van der Waals surface area contributed by atoms with E-state index in [9.17, 15) is 9.90 Å². The average molecular weight is 303 g/mol. The van der Waals surface area contributed by atoms with Gasteiger partial charge >= 0.3 is 0 Å². The van der Waals surface area contributed by atoms with Crippen LogP contribution in [0.25, 0.3) is 11.0 Å². The normalized spacial score (nSPS) is 15.8. The van der Waals surface area contributed by atoms with Gasteiger partial charge in [0.15, 0.2) is 0 Å². The molecule has 0 bridgehead atoms. The summed E-state index contributed by atoms with van der Waals surface area (Å²) in [7, 11) is 3.34. The molecule has 0 spiro atoms. The van der Waals surface area contributed by atoms with Crippen molar-refractivity contribution in [2.24, 2.45) is 5.92 Å². The second-order valence-electron chi connectivity index (χ2n) is 5.98. The van der Waals surface area contributed by atoms with Crippen LogP contribution in [0.2, 0.25) is 0 Å². The summed E-state index contributed by atoms with van der Waals surface area (Å²) >= 11 is 0. The Balaban J connectivity index is 1.68. The fourth-order valence-corrected chi connectivity index (χ4v) is 2.64. The van der Waals surface area contributed by atoms with Crippen molar-refractivity contribution in [1.82, 2.24) is 4.90 Å². The van der Waals surface area contributed by atoms with Crippen LogP contribution in [0.5, 0.6) is 5.75 Å². The van der Waals surface area contributed by atoms with E-state index < -0.39 is 6.10 Å². The zero-order valence-corrected chi connectivity index (χ0v) is 12.9. The number of hydrogen-bond acceptors (Lipinski definition) is 4. The van der Waals surface area contributed by atoms with E-state index in [1.165, 1.54) is 0 Å².